The SMILES string of the molecule is CN=C(NCCc1ccccc1F)NCC1CCN(C)C1.I. The molecule has 0 amide bonds. The number of hydrogen-bond acceptors (Lipinski definition) is 2. The van der Waals surface area contributed by atoms with Gasteiger partial charge in [-0.3, -0.25) is 4.99 Å². The zero-order valence-corrected chi connectivity index (χ0v) is 15.6. The molecule has 1 unspecified atom stereocenters. The Morgan fingerprint density at radius 1 is 1.36 bits per heavy atom. The van der Waals surface area contributed by atoms with E-state index in [4.69, 9.17) is 0 Å². The second kappa shape index (κ2) is 9.99. The van der Waals surface area contributed by atoms with Gasteiger partial charge >= 0.3 is 0 Å². The quantitative estimate of drug-likeness (QED) is 0.436. The maximum Gasteiger partial charge on any atom is 0.190 e. The lowest BCUT2D eigenvalue weighted by Crippen LogP contribution is -2.41. The highest BCUT2D eigenvalue weighted by Crippen LogP contribution is 2.12. The van der Waals surface area contributed by atoms with Crippen molar-refractivity contribution >= 4 is 29.9 Å². The summed E-state index contributed by atoms with van der Waals surface area (Å²) >= 11 is 0. The number of nitrogens with zero attached hydrogens (tertiary/aromatic N) is 2. The van der Waals surface area contributed by atoms with Crippen molar-refractivity contribution in [3.05, 3.63) is 35.6 Å². The van der Waals surface area contributed by atoms with Crippen molar-refractivity contribution in [2.24, 2.45) is 10.9 Å². The number of rotatable bonds is 5. The number of likely N-dealkylation sites (tertiary alicyclic amines) is 1. The molecule has 0 spiro atoms. The predicted molar refractivity (Wildman–Crippen MR) is 100 cm³/mol. The lowest BCUT2D eigenvalue weighted by atomic mass is 10.1. The van der Waals surface area contributed by atoms with Crippen molar-refractivity contribution < 1.29 is 4.39 Å². The minimum absolute atomic E-state index is 0. The smallest absolute Gasteiger partial charge is 0.190 e. The molecule has 1 fully saturated rings. The highest BCUT2D eigenvalue weighted by Gasteiger charge is 2.19. The summed E-state index contributed by atoms with van der Waals surface area (Å²) < 4.78 is 13.5. The molecule has 124 valence electrons. The Labute approximate surface area is 149 Å². The van der Waals surface area contributed by atoms with E-state index >= 15 is 0 Å². The van der Waals surface area contributed by atoms with Crippen LogP contribution in [-0.4, -0.2) is 51.1 Å². The van der Waals surface area contributed by atoms with Gasteiger partial charge < -0.3 is 15.5 Å². The molecule has 1 saturated heterocycles. The summed E-state index contributed by atoms with van der Waals surface area (Å²) in [6, 6.07) is 6.90. The van der Waals surface area contributed by atoms with Crippen molar-refractivity contribution in [3.63, 3.8) is 0 Å². The van der Waals surface area contributed by atoms with E-state index in [1.165, 1.54) is 19.0 Å². The lowest BCUT2D eigenvalue weighted by molar-refractivity contribution is 0.394. The standard InChI is InChI=1S/C16H25FN4.HI/c1-18-16(20-11-13-8-10-21(2)12-13)19-9-7-14-5-3-4-6-15(14)17;/h3-6,13H,7-12H2,1-2H3,(H2,18,19,20);1H. The predicted octanol–water partition coefficient (Wildman–Crippen LogP) is 2.10. The molecule has 2 N–H and O–H groups in total. The maximum atomic E-state index is 13.5. The second-order valence-electron chi connectivity index (χ2n) is 5.64. The third-order valence-electron chi connectivity index (χ3n) is 3.92. The molecule has 1 atom stereocenters. The van der Waals surface area contributed by atoms with Crippen LogP contribution in [0.5, 0.6) is 0 Å². The average molecular weight is 420 g/mol. The number of hydrogen-bond donors (Lipinski definition) is 2. The molecule has 22 heavy (non-hydrogen) atoms. The maximum absolute atomic E-state index is 13.5. The number of guanidine groups is 1. The first-order chi connectivity index (χ1) is 10.2. The summed E-state index contributed by atoms with van der Waals surface area (Å²) in [4.78, 5) is 6.56. The molecule has 2 rings (SSSR count). The summed E-state index contributed by atoms with van der Waals surface area (Å²) in [6.45, 7) is 3.92. The molecule has 0 aromatic heterocycles. The van der Waals surface area contributed by atoms with Crippen LogP contribution >= 0.6 is 24.0 Å². The Balaban J connectivity index is 0.00000242. The fourth-order valence-electron chi connectivity index (χ4n) is 2.67. The van der Waals surface area contributed by atoms with Crippen molar-refractivity contribution in [2.45, 2.75) is 12.8 Å². The van der Waals surface area contributed by atoms with E-state index in [9.17, 15) is 4.39 Å². The highest BCUT2D eigenvalue weighted by molar-refractivity contribution is 14.0. The third-order valence-corrected chi connectivity index (χ3v) is 3.92. The van der Waals surface area contributed by atoms with Gasteiger partial charge in [0.1, 0.15) is 5.82 Å². The van der Waals surface area contributed by atoms with Crippen LogP contribution in [0.25, 0.3) is 0 Å². The second-order valence-corrected chi connectivity index (χ2v) is 5.64. The van der Waals surface area contributed by atoms with Gasteiger partial charge in [0.2, 0.25) is 0 Å². The van der Waals surface area contributed by atoms with E-state index in [0.717, 1.165) is 24.6 Å². The lowest BCUT2D eigenvalue weighted by Gasteiger charge is -2.15. The normalized spacial score (nSPS) is 18.9. The number of halogens is 2. The molecule has 1 aliphatic heterocycles. The van der Waals surface area contributed by atoms with Gasteiger partial charge in [0, 0.05) is 26.7 Å². The molecule has 1 aromatic carbocycles. The number of benzene rings is 1. The zero-order chi connectivity index (χ0) is 15.1. The van der Waals surface area contributed by atoms with Crippen LogP contribution in [0.4, 0.5) is 4.39 Å². The van der Waals surface area contributed by atoms with Gasteiger partial charge in [-0.05, 0) is 44.0 Å². The average Bonchev–Trinajstić information content (AvgIpc) is 2.90. The van der Waals surface area contributed by atoms with Crippen molar-refractivity contribution in [1.82, 2.24) is 15.5 Å². The van der Waals surface area contributed by atoms with E-state index in [1.54, 1.807) is 13.1 Å². The summed E-state index contributed by atoms with van der Waals surface area (Å²) in [5.41, 5.74) is 0.734. The molecule has 0 saturated carbocycles. The third kappa shape index (κ3) is 6.08. The Bertz CT molecular complexity index is 481. The van der Waals surface area contributed by atoms with E-state index in [1.807, 2.05) is 12.1 Å². The number of aliphatic imine (C=N–C) groups is 1. The van der Waals surface area contributed by atoms with Gasteiger partial charge in [-0.1, -0.05) is 18.2 Å². The van der Waals surface area contributed by atoms with Crippen LogP contribution in [0.1, 0.15) is 12.0 Å². The molecule has 1 aliphatic rings. The Morgan fingerprint density at radius 3 is 2.77 bits per heavy atom. The van der Waals surface area contributed by atoms with Crippen molar-refractivity contribution in [1.29, 1.82) is 0 Å². The Hall–Kier alpha value is -0.890. The fourth-order valence-corrected chi connectivity index (χ4v) is 2.67. The monoisotopic (exact) mass is 420 g/mol. The first-order valence-electron chi connectivity index (χ1n) is 7.55. The summed E-state index contributed by atoms with van der Waals surface area (Å²) in [6.07, 6.45) is 1.88. The van der Waals surface area contributed by atoms with E-state index in [0.29, 0.717) is 18.9 Å². The van der Waals surface area contributed by atoms with Gasteiger partial charge in [0.25, 0.3) is 0 Å². The molecule has 0 bridgehead atoms. The van der Waals surface area contributed by atoms with Crippen LogP contribution in [0.2, 0.25) is 0 Å². The highest BCUT2D eigenvalue weighted by atomic mass is 127. The topological polar surface area (TPSA) is 39.7 Å². The van der Waals surface area contributed by atoms with Crippen LogP contribution in [0.3, 0.4) is 0 Å². The zero-order valence-electron chi connectivity index (χ0n) is 13.3. The Kier molecular flexibility index (Phi) is 8.70. The van der Waals surface area contributed by atoms with Crippen LogP contribution in [0, 0.1) is 11.7 Å². The number of nitrogens with one attached hydrogen (secondary N) is 2. The molecule has 6 heteroatoms. The van der Waals surface area contributed by atoms with Gasteiger partial charge in [0.05, 0.1) is 0 Å². The Morgan fingerprint density at radius 2 is 2.14 bits per heavy atom. The molecule has 4 nitrogen and oxygen atoms in total. The largest absolute Gasteiger partial charge is 0.356 e. The first-order valence-corrected chi connectivity index (χ1v) is 7.55. The van der Waals surface area contributed by atoms with E-state index in [-0.39, 0.29) is 29.8 Å². The van der Waals surface area contributed by atoms with Gasteiger partial charge in [-0.2, -0.15) is 0 Å². The molecule has 0 aliphatic carbocycles. The summed E-state index contributed by atoms with van der Waals surface area (Å²) in [7, 11) is 3.92. The first kappa shape index (κ1) is 19.2. The summed E-state index contributed by atoms with van der Waals surface area (Å²) in [5, 5.41) is 6.59. The van der Waals surface area contributed by atoms with E-state index < -0.39 is 0 Å². The molecule has 0 radical (unpaired) electrons. The van der Waals surface area contributed by atoms with Crippen molar-refractivity contribution in [2.75, 3.05) is 40.3 Å². The molecule has 1 heterocycles. The molecular weight excluding hydrogens is 394 g/mol. The van der Waals surface area contributed by atoms with Gasteiger partial charge in [-0.15, -0.1) is 24.0 Å². The molecule has 1 aromatic rings. The minimum Gasteiger partial charge on any atom is -0.356 e. The van der Waals surface area contributed by atoms with Crippen molar-refractivity contribution in [3.8, 4) is 0 Å². The van der Waals surface area contributed by atoms with Gasteiger partial charge in [0.15, 0.2) is 5.96 Å². The fraction of sp³-hybridized carbons (Fsp3) is 0.562. The van der Waals surface area contributed by atoms with E-state index in [2.05, 4.69) is 27.6 Å². The van der Waals surface area contributed by atoms with Crippen LogP contribution < -0.4 is 10.6 Å². The van der Waals surface area contributed by atoms with Crippen LogP contribution in [0.15, 0.2) is 29.3 Å². The molecular formula is C16H26FIN4. The van der Waals surface area contributed by atoms with Gasteiger partial charge in [-0.25, -0.2) is 4.39 Å². The van der Waals surface area contributed by atoms with Crippen LogP contribution in [-0.2, 0) is 6.42 Å². The summed E-state index contributed by atoms with van der Waals surface area (Å²) in [5.74, 6) is 1.33. The minimum atomic E-state index is -0.142.